The van der Waals surface area contributed by atoms with Crippen molar-refractivity contribution in [3.63, 3.8) is 0 Å². The Kier molecular flexibility index (Phi) is 2.76. The number of thiocarbonyl (C=S) groups is 1. The van der Waals surface area contributed by atoms with E-state index in [-0.39, 0.29) is 0 Å². The molecule has 0 radical (unpaired) electrons. The number of benzene rings is 1. The number of rotatable bonds is 2. The van der Waals surface area contributed by atoms with Crippen molar-refractivity contribution >= 4 is 22.9 Å². The fraction of sp³-hybridized carbons (Fsp3) is 0.462. The summed E-state index contributed by atoms with van der Waals surface area (Å²) in [5, 5.41) is 0. The van der Waals surface area contributed by atoms with Crippen molar-refractivity contribution in [3.05, 3.63) is 29.8 Å². The number of fused-ring (bicyclic) bond motifs is 2. The van der Waals surface area contributed by atoms with Gasteiger partial charge in [-0.15, -0.1) is 0 Å². The molecule has 0 spiro atoms. The minimum atomic E-state index is 0.420. The molecule has 2 heterocycles. The van der Waals surface area contributed by atoms with Crippen LogP contribution in [0.1, 0.15) is 18.4 Å². The number of anilines is 1. The molecule has 2 saturated heterocycles. The number of nitrogens with two attached hydrogens (primary N) is 1. The van der Waals surface area contributed by atoms with Gasteiger partial charge in [0, 0.05) is 24.3 Å². The third-order valence-electron chi connectivity index (χ3n) is 3.56. The average molecular weight is 248 g/mol. The molecule has 3 rings (SSSR count). The molecule has 0 aromatic heterocycles. The van der Waals surface area contributed by atoms with Gasteiger partial charge in [0.15, 0.2) is 0 Å². The van der Waals surface area contributed by atoms with E-state index in [4.69, 9.17) is 22.7 Å². The first-order chi connectivity index (χ1) is 8.22. The lowest BCUT2D eigenvalue weighted by Gasteiger charge is -2.33. The number of nitrogens with zero attached hydrogens (tertiary/aromatic N) is 1. The first-order valence-electron chi connectivity index (χ1n) is 6.02. The lowest BCUT2D eigenvalue weighted by molar-refractivity contribution is 0.0305. The van der Waals surface area contributed by atoms with Crippen molar-refractivity contribution in [2.75, 3.05) is 18.0 Å². The predicted octanol–water partition coefficient (Wildman–Crippen LogP) is 1.69. The van der Waals surface area contributed by atoms with Gasteiger partial charge in [0.2, 0.25) is 0 Å². The van der Waals surface area contributed by atoms with Crippen LogP contribution in [-0.4, -0.2) is 30.3 Å². The summed E-state index contributed by atoms with van der Waals surface area (Å²) in [6, 6.07) is 8.18. The standard InChI is InChI=1S/C13H16N2OS/c14-13(17)9-1-3-10(4-2-9)15-7-11-5-6-12(8-15)16-11/h1-4,11-12H,5-8H2,(H2,14,17). The summed E-state index contributed by atoms with van der Waals surface area (Å²) in [5.41, 5.74) is 7.77. The lowest BCUT2D eigenvalue weighted by atomic mass is 10.2. The first-order valence-corrected chi connectivity index (χ1v) is 6.43. The van der Waals surface area contributed by atoms with Gasteiger partial charge in [-0.1, -0.05) is 12.2 Å². The summed E-state index contributed by atoms with van der Waals surface area (Å²) in [7, 11) is 0. The molecule has 17 heavy (non-hydrogen) atoms. The van der Waals surface area contributed by atoms with E-state index in [1.165, 1.54) is 18.5 Å². The highest BCUT2D eigenvalue weighted by Gasteiger charge is 2.33. The zero-order chi connectivity index (χ0) is 11.8. The molecule has 2 atom stereocenters. The van der Waals surface area contributed by atoms with Gasteiger partial charge in [0.25, 0.3) is 0 Å². The summed E-state index contributed by atoms with van der Waals surface area (Å²) in [6.45, 7) is 2.01. The van der Waals surface area contributed by atoms with E-state index in [1.54, 1.807) is 0 Å². The van der Waals surface area contributed by atoms with Crippen molar-refractivity contribution < 1.29 is 4.74 Å². The van der Waals surface area contributed by atoms with Crippen molar-refractivity contribution in [1.82, 2.24) is 0 Å². The van der Waals surface area contributed by atoms with Crippen LogP contribution in [0.2, 0.25) is 0 Å². The maximum absolute atomic E-state index is 5.83. The Morgan fingerprint density at radius 3 is 2.29 bits per heavy atom. The highest BCUT2D eigenvalue weighted by atomic mass is 32.1. The lowest BCUT2D eigenvalue weighted by Crippen LogP contribution is -2.42. The summed E-state index contributed by atoms with van der Waals surface area (Å²) >= 11 is 4.95. The van der Waals surface area contributed by atoms with E-state index in [2.05, 4.69) is 17.0 Å². The van der Waals surface area contributed by atoms with E-state index in [0.717, 1.165) is 18.7 Å². The van der Waals surface area contributed by atoms with Crippen LogP contribution in [0.3, 0.4) is 0 Å². The highest BCUT2D eigenvalue weighted by Crippen LogP contribution is 2.29. The molecular weight excluding hydrogens is 232 g/mol. The van der Waals surface area contributed by atoms with Crippen LogP contribution in [0, 0.1) is 0 Å². The molecule has 90 valence electrons. The van der Waals surface area contributed by atoms with E-state index in [0.29, 0.717) is 17.2 Å². The smallest absolute Gasteiger partial charge is 0.103 e. The van der Waals surface area contributed by atoms with Crippen LogP contribution in [0.25, 0.3) is 0 Å². The minimum Gasteiger partial charge on any atom is -0.389 e. The van der Waals surface area contributed by atoms with E-state index < -0.39 is 0 Å². The van der Waals surface area contributed by atoms with Crippen LogP contribution < -0.4 is 10.6 Å². The monoisotopic (exact) mass is 248 g/mol. The van der Waals surface area contributed by atoms with Gasteiger partial charge < -0.3 is 15.4 Å². The fourth-order valence-corrected chi connectivity index (χ4v) is 2.80. The second-order valence-corrected chi connectivity index (χ2v) is 5.21. The van der Waals surface area contributed by atoms with Gasteiger partial charge >= 0.3 is 0 Å². The van der Waals surface area contributed by atoms with Crippen LogP contribution in [-0.2, 0) is 4.74 Å². The van der Waals surface area contributed by atoms with Gasteiger partial charge in [-0.25, -0.2) is 0 Å². The quantitative estimate of drug-likeness (QED) is 0.808. The molecule has 4 heteroatoms. The Balaban J connectivity index is 1.78. The summed E-state index contributed by atoms with van der Waals surface area (Å²) in [5.74, 6) is 0. The fourth-order valence-electron chi connectivity index (χ4n) is 2.66. The Morgan fingerprint density at radius 1 is 1.18 bits per heavy atom. The zero-order valence-corrected chi connectivity index (χ0v) is 10.5. The number of ether oxygens (including phenoxy) is 1. The molecule has 2 N–H and O–H groups in total. The Labute approximate surface area is 107 Å². The van der Waals surface area contributed by atoms with Crippen LogP contribution >= 0.6 is 12.2 Å². The molecule has 0 amide bonds. The molecule has 2 bridgehead atoms. The molecule has 2 aliphatic rings. The molecule has 0 saturated carbocycles. The van der Waals surface area contributed by atoms with Gasteiger partial charge in [0.05, 0.1) is 12.2 Å². The Hall–Kier alpha value is -1.13. The maximum atomic E-state index is 5.83. The minimum absolute atomic E-state index is 0.420. The topological polar surface area (TPSA) is 38.5 Å². The molecule has 2 unspecified atom stereocenters. The Bertz CT molecular complexity index is 420. The van der Waals surface area contributed by atoms with Gasteiger partial charge in [0.1, 0.15) is 4.99 Å². The second kappa shape index (κ2) is 4.27. The highest BCUT2D eigenvalue weighted by molar-refractivity contribution is 7.80. The number of morpholine rings is 1. The maximum Gasteiger partial charge on any atom is 0.103 e. The van der Waals surface area contributed by atoms with Crippen molar-refractivity contribution in [1.29, 1.82) is 0 Å². The van der Waals surface area contributed by atoms with Crippen molar-refractivity contribution in [2.45, 2.75) is 25.0 Å². The summed E-state index contributed by atoms with van der Waals surface area (Å²) in [4.78, 5) is 2.86. The molecule has 1 aromatic rings. The normalized spacial score (nSPS) is 27.2. The van der Waals surface area contributed by atoms with Crippen molar-refractivity contribution in [3.8, 4) is 0 Å². The van der Waals surface area contributed by atoms with Gasteiger partial charge in [-0.2, -0.15) is 0 Å². The predicted molar refractivity (Wildman–Crippen MR) is 72.4 cm³/mol. The average Bonchev–Trinajstić information content (AvgIpc) is 2.68. The molecular formula is C13H16N2OS. The number of hydrogen-bond acceptors (Lipinski definition) is 3. The van der Waals surface area contributed by atoms with E-state index >= 15 is 0 Å². The van der Waals surface area contributed by atoms with E-state index in [9.17, 15) is 0 Å². The van der Waals surface area contributed by atoms with E-state index in [1.807, 2.05) is 12.1 Å². The van der Waals surface area contributed by atoms with Crippen molar-refractivity contribution in [2.24, 2.45) is 5.73 Å². The molecule has 0 aliphatic carbocycles. The second-order valence-electron chi connectivity index (χ2n) is 4.77. The molecule has 2 fully saturated rings. The third kappa shape index (κ3) is 2.15. The van der Waals surface area contributed by atoms with Crippen LogP contribution in [0.5, 0.6) is 0 Å². The Morgan fingerprint density at radius 2 is 1.76 bits per heavy atom. The molecule has 1 aromatic carbocycles. The van der Waals surface area contributed by atoms with Crippen LogP contribution in [0.15, 0.2) is 24.3 Å². The number of hydrogen-bond donors (Lipinski definition) is 1. The van der Waals surface area contributed by atoms with Gasteiger partial charge in [-0.05, 0) is 37.1 Å². The first kappa shape index (κ1) is 11.0. The third-order valence-corrected chi connectivity index (χ3v) is 3.80. The SMILES string of the molecule is NC(=S)c1ccc(N2CC3CCC(C2)O3)cc1. The largest absolute Gasteiger partial charge is 0.389 e. The zero-order valence-electron chi connectivity index (χ0n) is 9.63. The summed E-state index contributed by atoms with van der Waals surface area (Å²) in [6.07, 6.45) is 3.24. The van der Waals surface area contributed by atoms with Crippen LogP contribution in [0.4, 0.5) is 5.69 Å². The van der Waals surface area contributed by atoms with Gasteiger partial charge in [-0.3, -0.25) is 0 Å². The molecule has 3 nitrogen and oxygen atoms in total. The summed E-state index contributed by atoms with van der Waals surface area (Å²) < 4.78 is 5.83. The molecule has 2 aliphatic heterocycles.